The van der Waals surface area contributed by atoms with Crippen LogP contribution in [0.2, 0.25) is 0 Å². The van der Waals surface area contributed by atoms with Crippen LogP contribution in [-0.2, 0) is 6.30 Å². The van der Waals surface area contributed by atoms with Gasteiger partial charge < -0.3 is 0 Å². The molecule has 0 aliphatic heterocycles. The average molecular weight is 200 g/mol. The monoisotopic (exact) mass is 200 g/mol. The first-order chi connectivity index (χ1) is 5.46. The van der Waals surface area contributed by atoms with Crippen LogP contribution >= 0.6 is 11.8 Å². The van der Waals surface area contributed by atoms with E-state index in [0.29, 0.717) is 18.0 Å². The lowest BCUT2D eigenvalue weighted by atomic mass is 10.7. The summed E-state index contributed by atoms with van der Waals surface area (Å²) in [6.45, 7) is 0. The van der Waals surface area contributed by atoms with E-state index in [0.717, 1.165) is 0 Å². The van der Waals surface area contributed by atoms with E-state index in [9.17, 15) is 17.6 Å². The third-order valence-electron chi connectivity index (χ3n) is 1.12. The van der Waals surface area contributed by atoms with Crippen LogP contribution < -0.4 is 0 Å². The first kappa shape index (κ1) is 9.37. The van der Waals surface area contributed by atoms with Crippen LogP contribution in [0.5, 0.6) is 0 Å². The summed E-state index contributed by atoms with van der Waals surface area (Å²) < 4.78 is 48.1. The van der Waals surface area contributed by atoms with Gasteiger partial charge in [-0.05, 0) is 6.26 Å². The molecule has 0 saturated carbocycles. The van der Waals surface area contributed by atoms with Crippen LogP contribution in [0.3, 0.4) is 0 Å². The Balaban J connectivity index is 3.16. The summed E-state index contributed by atoms with van der Waals surface area (Å²) in [6, 6.07) is 0. The van der Waals surface area contributed by atoms with Gasteiger partial charge in [0.15, 0.2) is 5.82 Å². The Labute approximate surface area is 69.6 Å². The van der Waals surface area contributed by atoms with Gasteiger partial charge in [0, 0.05) is 0 Å². The van der Waals surface area contributed by atoms with Crippen LogP contribution in [0, 0.1) is 5.82 Å². The van der Waals surface area contributed by atoms with E-state index in [-0.39, 0.29) is 4.68 Å². The molecule has 0 N–H and O–H groups in total. The fourth-order valence-corrected chi connectivity index (χ4v) is 1.25. The van der Waals surface area contributed by atoms with Crippen LogP contribution in [-0.4, -0.2) is 16.0 Å². The van der Waals surface area contributed by atoms with Crippen molar-refractivity contribution in [3.63, 3.8) is 0 Å². The minimum Gasteiger partial charge on any atom is -0.202 e. The van der Waals surface area contributed by atoms with Gasteiger partial charge >= 0.3 is 6.30 Å². The van der Waals surface area contributed by atoms with E-state index in [1.54, 1.807) is 0 Å². The molecule has 0 spiro atoms. The van der Waals surface area contributed by atoms with Crippen molar-refractivity contribution in [2.75, 3.05) is 6.26 Å². The third-order valence-corrected chi connectivity index (χ3v) is 1.87. The predicted octanol–water partition coefficient (Wildman–Crippen LogP) is 2.22. The van der Waals surface area contributed by atoms with Gasteiger partial charge in [-0.1, -0.05) is 0 Å². The summed E-state index contributed by atoms with van der Waals surface area (Å²) >= 11 is 0.661. The Morgan fingerprint density at radius 3 is 2.42 bits per heavy atom. The number of nitrogens with zero attached hydrogens (tertiary/aromatic N) is 2. The lowest BCUT2D eigenvalue weighted by Crippen LogP contribution is -2.19. The Bertz CT molecular complexity index is 279. The minimum atomic E-state index is -4.65. The van der Waals surface area contributed by atoms with Crippen molar-refractivity contribution < 1.29 is 17.6 Å². The molecule has 0 radical (unpaired) electrons. The van der Waals surface area contributed by atoms with E-state index in [1.165, 1.54) is 6.26 Å². The summed E-state index contributed by atoms with van der Waals surface area (Å²) in [7, 11) is 0. The topological polar surface area (TPSA) is 17.8 Å². The van der Waals surface area contributed by atoms with Gasteiger partial charge in [-0.3, -0.25) is 0 Å². The third kappa shape index (κ3) is 1.55. The van der Waals surface area contributed by atoms with Gasteiger partial charge in [0.05, 0.1) is 6.20 Å². The molecule has 0 fully saturated rings. The maximum Gasteiger partial charge on any atom is 0.505 e. The number of rotatable bonds is 1. The van der Waals surface area contributed by atoms with Crippen molar-refractivity contribution in [1.29, 1.82) is 0 Å². The standard InChI is InChI=1S/C5H4F4N2S/c1-12-4-3(6)2-10-11(4)5(7,8)9/h2H,1H3. The second-order valence-electron chi connectivity index (χ2n) is 1.88. The van der Waals surface area contributed by atoms with Gasteiger partial charge in [-0.2, -0.15) is 9.78 Å². The molecule has 7 heteroatoms. The highest BCUT2D eigenvalue weighted by Crippen LogP contribution is 2.29. The smallest absolute Gasteiger partial charge is 0.202 e. The zero-order valence-corrected chi connectivity index (χ0v) is 6.71. The molecule has 0 aromatic carbocycles. The summed E-state index contributed by atoms with van der Waals surface area (Å²) in [5, 5.41) is 2.33. The van der Waals surface area contributed by atoms with Crippen molar-refractivity contribution in [3.8, 4) is 0 Å². The van der Waals surface area contributed by atoms with Crippen molar-refractivity contribution >= 4 is 11.8 Å². The van der Waals surface area contributed by atoms with Gasteiger partial charge in [-0.25, -0.2) is 4.39 Å². The minimum absolute atomic E-state index is 0.299. The summed E-state index contributed by atoms with van der Waals surface area (Å²) in [4.78, 5) is 0. The first-order valence-electron chi connectivity index (χ1n) is 2.81. The number of alkyl halides is 3. The van der Waals surface area contributed by atoms with E-state index in [4.69, 9.17) is 0 Å². The van der Waals surface area contributed by atoms with Crippen molar-refractivity contribution in [2.45, 2.75) is 11.3 Å². The SMILES string of the molecule is CSc1c(F)cnn1C(F)(F)F. The second-order valence-corrected chi connectivity index (χ2v) is 2.68. The van der Waals surface area contributed by atoms with E-state index in [2.05, 4.69) is 5.10 Å². The molecule has 0 aliphatic carbocycles. The molecule has 0 atom stereocenters. The second kappa shape index (κ2) is 2.96. The maximum atomic E-state index is 12.5. The maximum absolute atomic E-state index is 12.5. The molecule has 0 unspecified atom stereocenters. The molecular weight excluding hydrogens is 196 g/mol. The molecule has 68 valence electrons. The van der Waals surface area contributed by atoms with Gasteiger partial charge in [-0.15, -0.1) is 24.9 Å². The van der Waals surface area contributed by atoms with Crippen molar-refractivity contribution in [2.24, 2.45) is 0 Å². The highest BCUT2D eigenvalue weighted by molar-refractivity contribution is 7.98. The lowest BCUT2D eigenvalue weighted by Gasteiger charge is -2.07. The van der Waals surface area contributed by atoms with Crippen LogP contribution in [0.4, 0.5) is 17.6 Å². The van der Waals surface area contributed by atoms with E-state index >= 15 is 0 Å². The predicted molar refractivity (Wildman–Crippen MR) is 35.3 cm³/mol. The zero-order chi connectivity index (χ0) is 9.35. The fraction of sp³-hybridized carbons (Fsp3) is 0.400. The van der Waals surface area contributed by atoms with Crippen molar-refractivity contribution in [3.05, 3.63) is 12.0 Å². The zero-order valence-electron chi connectivity index (χ0n) is 5.89. The Morgan fingerprint density at radius 2 is 2.08 bits per heavy atom. The largest absolute Gasteiger partial charge is 0.505 e. The molecule has 0 bridgehead atoms. The van der Waals surface area contributed by atoms with Crippen LogP contribution in [0.15, 0.2) is 11.2 Å². The van der Waals surface area contributed by atoms with Gasteiger partial charge in [0.25, 0.3) is 0 Å². The highest BCUT2D eigenvalue weighted by atomic mass is 32.2. The van der Waals surface area contributed by atoms with E-state index < -0.39 is 17.1 Å². The Kier molecular flexibility index (Phi) is 2.31. The normalized spacial score (nSPS) is 12.1. The van der Waals surface area contributed by atoms with Crippen LogP contribution in [0.1, 0.15) is 0 Å². The Hall–Kier alpha value is -0.720. The highest BCUT2D eigenvalue weighted by Gasteiger charge is 2.35. The molecule has 0 amide bonds. The number of hydrogen-bond acceptors (Lipinski definition) is 2. The quantitative estimate of drug-likeness (QED) is 0.511. The summed E-state index contributed by atoms with van der Waals surface area (Å²) in [6.07, 6.45) is -2.76. The van der Waals surface area contributed by atoms with Crippen molar-refractivity contribution in [1.82, 2.24) is 9.78 Å². The van der Waals surface area contributed by atoms with Gasteiger partial charge in [0.1, 0.15) is 5.03 Å². The molecule has 1 aromatic rings. The molecule has 1 aromatic heterocycles. The van der Waals surface area contributed by atoms with Crippen LogP contribution in [0.25, 0.3) is 0 Å². The fourth-order valence-electron chi connectivity index (χ4n) is 0.682. The molecule has 1 rings (SSSR count). The van der Waals surface area contributed by atoms with E-state index in [1.807, 2.05) is 0 Å². The number of thioether (sulfide) groups is 1. The molecule has 0 aliphatic rings. The number of halogens is 4. The molecule has 12 heavy (non-hydrogen) atoms. The molecule has 2 nitrogen and oxygen atoms in total. The molecular formula is C5H4F4N2S. The first-order valence-corrected chi connectivity index (χ1v) is 4.04. The lowest BCUT2D eigenvalue weighted by molar-refractivity contribution is -0.218. The molecule has 1 heterocycles. The summed E-state index contributed by atoms with van der Waals surface area (Å²) in [5.74, 6) is -0.958. The van der Waals surface area contributed by atoms with Gasteiger partial charge in [0.2, 0.25) is 0 Å². The number of aromatic nitrogens is 2. The average Bonchev–Trinajstić information content (AvgIpc) is 2.29. The Morgan fingerprint density at radius 1 is 1.50 bits per heavy atom. The summed E-state index contributed by atoms with van der Waals surface area (Å²) in [5.41, 5.74) is 0. The molecule has 0 saturated heterocycles. The number of hydrogen-bond donors (Lipinski definition) is 0.